The van der Waals surface area contributed by atoms with Gasteiger partial charge in [0, 0.05) is 11.5 Å². The maximum absolute atomic E-state index is 12.0. The van der Waals surface area contributed by atoms with Gasteiger partial charge in [0.1, 0.15) is 6.54 Å². The molecule has 5 nitrogen and oxygen atoms in total. The number of aryl methyl sites for hydroxylation is 1. The molecular weight excluding hydrogens is 310 g/mol. The molecule has 0 atom stereocenters. The first-order valence-electron chi connectivity index (χ1n) is 4.69. The molecule has 0 spiro atoms. The Morgan fingerprint density at radius 2 is 2.06 bits per heavy atom. The van der Waals surface area contributed by atoms with E-state index in [1.54, 1.807) is 13.0 Å². The molecule has 1 N–H and O–H groups in total. The number of sulfonamides is 1. The van der Waals surface area contributed by atoms with Gasteiger partial charge >= 0.3 is 5.97 Å². The van der Waals surface area contributed by atoms with Crippen molar-refractivity contribution in [3.8, 4) is 0 Å². The molecule has 94 valence electrons. The normalized spacial score (nSPS) is 11.8. The Morgan fingerprint density at radius 3 is 2.53 bits per heavy atom. The Kier molecular flexibility index (Phi) is 4.29. The zero-order valence-corrected chi connectivity index (χ0v) is 11.7. The van der Waals surface area contributed by atoms with Crippen molar-refractivity contribution in [3.05, 3.63) is 28.2 Å². The van der Waals surface area contributed by atoms with Crippen LogP contribution < -0.4 is 0 Å². The summed E-state index contributed by atoms with van der Waals surface area (Å²) in [6, 6.07) is 4.55. The van der Waals surface area contributed by atoms with Crippen LogP contribution in [0.2, 0.25) is 0 Å². The van der Waals surface area contributed by atoms with Gasteiger partial charge in [-0.25, -0.2) is 8.42 Å². The molecule has 1 rings (SSSR count). The molecule has 0 saturated heterocycles. The number of benzene rings is 1. The van der Waals surface area contributed by atoms with E-state index in [0.29, 0.717) is 0 Å². The fourth-order valence-electron chi connectivity index (χ4n) is 1.23. The molecule has 0 aliphatic heterocycles. The molecule has 0 bridgehead atoms. The lowest BCUT2D eigenvalue weighted by molar-refractivity contribution is -0.137. The van der Waals surface area contributed by atoms with Crippen LogP contribution in [0.25, 0.3) is 0 Å². The van der Waals surface area contributed by atoms with Crippen LogP contribution in [0.3, 0.4) is 0 Å². The van der Waals surface area contributed by atoms with E-state index in [1.807, 2.05) is 0 Å². The summed E-state index contributed by atoms with van der Waals surface area (Å²) in [4.78, 5) is 10.6. The highest BCUT2D eigenvalue weighted by atomic mass is 79.9. The lowest BCUT2D eigenvalue weighted by atomic mass is 10.2. The van der Waals surface area contributed by atoms with Crippen molar-refractivity contribution in [1.82, 2.24) is 4.31 Å². The summed E-state index contributed by atoms with van der Waals surface area (Å²) in [6.45, 7) is 1.21. The Morgan fingerprint density at radius 1 is 1.47 bits per heavy atom. The zero-order valence-electron chi connectivity index (χ0n) is 9.34. The third-order valence-electron chi connectivity index (χ3n) is 2.20. The maximum atomic E-state index is 12.0. The number of likely N-dealkylation sites (N-methyl/N-ethyl adjacent to an activating group) is 1. The van der Waals surface area contributed by atoms with Gasteiger partial charge in [-0.1, -0.05) is 15.9 Å². The number of hydrogen-bond donors (Lipinski definition) is 1. The standard InChI is InChI=1S/C10H12BrNO4S/c1-7-5-8(3-4-9(7)11)17(15,16)12(2)6-10(13)14/h3-5H,6H2,1-2H3,(H,13,14). The van der Waals surface area contributed by atoms with Gasteiger partial charge in [-0.15, -0.1) is 0 Å². The maximum Gasteiger partial charge on any atom is 0.318 e. The molecule has 0 radical (unpaired) electrons. The molecular formula is C10H12BrNO4S. The second-order valence-corrected chi connectivity index (χ2v) is 6.47. The number of aliphatic carboxylic acids is 1. The average molecular weight is 322 g/mol. The van der Waals surface area contributed by atoms with Crippen LogP contribution in [0.1, 0.15) is 5.56 Å². The van der Waals surface area contributed by atoms with Crippen LogP contribution in [0.5, 0.6) is 0 Å². The van der Waals surface area contributed by atoms with Gasteiger partial charge in [-0.05, 0) is 30.7 Å². The highest BCUT2D eigenvalue weighted by Gasteiger charge is 2.22. The van der Waals surface area contributed by atoms with Crippen molar-refractivity contribution in [2.45, 2.75) is 11.8 Å². The first-order chi connectivity index (χ1) is 7.75. The van der Waals surface area contributed by atoms with E-state index in [4.69, 9.17) is 5.11 Å². The molecule has 1 aromatic carbocycles. The van der Waals surface area contributed by atoms with Crippen LogP contribution in [0.15, 0.2) is 27.6 Å². The van der Waals surface area contributed by atoms with E-state index < -0.39 is 22.5 Å². The number of hydrogen-bond acceptors (Lipinski definition) is 3. The molecule has 0 aromatic heterocycles. The highest BCUT2D eigenvalue weighted by Crippen LogP contribution is 2.21. The minimum Gasteiger partial charge on any atom is -0.480 e. The SMILES string of the molecule is Cc1cc(S(=O)(=O)N(C)CC(=O)O)ccc1Br. The number of rotatable bonds is 4. The molecule has 0 saturated carbocycles. The van der Waals surface area contributed by atoms with Crippen molar-refractivity contribution in [2.24, 2.45) is 0 Å². The van der Waals surface area contributed by atoms with Crippen LogP contribution in [0, 0.1) is 6.92 Å². The fourth-order valence-corrected chi connectivity index (χ4v) is 2.69. The number of carbonyl (C=O) groups is 1. The fraction of sp³-hybridized carbons (Fsp3) is 0.300. The van der Waals surface area contributed by atoms with E-state index in [9.17, 15) is 13.2 Å². The summed E-state index contributed by atoms with van der Waals surface area (Å²) in [5, 5.41) is 8.58. The van der Waals surface area contributed by atoms with Crippen LogP contribution in [-0.4, -0.2) is 37.4 Å². The van der Waals surface area contributed by atoms with E-state index >= 15 is 0 Å². The Labute approximate surface area is 108 Å². The largest absolute Gasteiger partial charge is 0.480 e. The smallest absolute Gasteiger partial charge is 0.318 e. The van der Waals surface area contributed by atoms with Gasteiger partial charge in [0.15, 0.2) is 0 Å². The van der Waals surface area contributed by atoms with Crippen molar-refractivity contribution in [2.75, 3.05) is 13.6 Å². The molecule has 1 aromatic rings. The minimum atomic E-state index is -3.74. The quantitative estimate of drug-likeness (QED) is 0.911. The van der Waals surface area contributed by atoms with Crippen molar-refractivity contribution in [3.63, 3.8) is 0 Å². The van der Waals surface area contributed by atoms with Gasteiger partial charge in [0.05, 0.1) is 4.90 Å². The van der Waals surface area contributed by atoms with Gasteiger partial charge in [-0.2, -0.15) is 4.31 Å². The lowest BCUT2D eigenvalue weighted by Gasteiger charge is -2.15. The summed E-state index contributed by atoms with van der Waals surface area (Å²) in [5.41, 5.74) is 0.773. The lowest BCUT2D eigenvalue weighted by Crippen LogP contribution is -2.32. The van der Waals surface area contributed by atoms with E-state index in [1.165, 1.54) is 19.2 Å². The van der Waals surface area contributed by atoms with Crippen molar-refractivity contribution < 1.29 is 18.3 Å². The van der Waals surface area contributed by atoms with Crippen LogP contribution in [-0.2, 0) is 14.8 Å². The van der Waals surface area contributed by atoms with Crippen LogP contribution in [0.4, 0.5) is 0 Å². The summed E-state index contributed by atoms with van der Waals surface area (Å²) < 4.78 is 25.6. The monoisotopic (exact) mass is 321 g/mol. The summed E-state index contributed by atoms with van der Waals surface area (Å²) in [6.07, 6.45) is 0. The predicted molar refractivity (Wildman–Crippen MR) is 66.3 cm³/mol. The number of halogens is 1. The average Bonchev–Trinajstić information content (AvgIpc) is 2.20. The van der Waals surface area contributed by atoms with Gasteiger partial charge in [0.2, 0.25) is 10.0 Å². The molecule has 0 fully saturated rings. The molecule has 0 aliphatic carbocycles. The second-order valence-electron chi connectivity index (χ2n) is 3.57. The molecule has 7 heteroatoms. The zero-order chi connectivity index (χ0) is 13.2. The number of nitrogens with zero attached hydrogens (tertiary/aromatic N) is 1. The van der Waals surface area contributed by atoms with Gasteiger partial charge in [-0.3, -0.25) is 4.79 Å². The number of carboxylic acids is 1. The summed E-state index contributed by atoms with van der Waals surface area (Å²) in [7, 11) is -2.50. The Bertz CT molecular complexity index is 541. The van der Waals surface area contributed by atoms with Gasteiger partial charge in [0.25, 0.3) is 0 Å². The topological polar surface area (TPSA) is 74.7 Å². The Hall–Kier alpha value is -0.920. The molecule has 0 amide bonds. The minimum absolute atomic E-state index is 0.0851. The van der Waals surface area contributed by atoms with Crippen LogP contribution >= 0.6 is 15.9 Å². The van der Waals surface area contributed by atoms with E-state index in [0.717, 1.165) is 14.3 Å². The second kappa shape index (κ2) is 5.16. The first-order valence-corrected chi connectivity index (χ1v) is 6.92. The summed E-state index contributed by atoms with van der Waals surface area (Å²) in [5.74, 6) is -1.19. The number of carboxylic acid groups (broad SMARTS) is 1. The summed E-state index contributed by atoms with van der Waals surface area (Å²) >= 11 is 3.27. The third kappa shape index (κ3) is 3.27. The molecule has 0 unspecified atom stereocenters. The molecule has 0 aliphatic rings. The van der Waals surface area contributed by atoms with E-state index in [-0.39, 0.29) is 4.90 Å². The van der Waals surface area contributed by atoms with Crippen molar-refractivity contribution >= 4 is 31.9 Å². The molecule has 0 heterocycles. The van der Waals surface area contributed by atoms with Crippen molar-refractivity contribution in [1.29, 1.82) is 0 Å². The third-order valence-corrected chi connectivity index (χ3v) is 4.88. The first kappa shape index (κ1) is 14.1. The molecule has 17 heavy (non-hydrogen) atoms. The van der Waals surface area contributed by atoms with Gasteiger partial charge < -0.3 is 5.11 Å². The Balaban J connectivity index is 3.13. The predicted octanol–water partition coefficient (Wildman–Crippen LogP) is 1.46. The highest BCUT2D eigenvalue weighted by molar-refractivity contribution is 9.10. The van der Waals surface area contributed by atoms with E-state index in [2.05, 4.69) is 15.9 Å².